The Morgan fingerprint density at radius 2 is 1.83 bits per heavy atom. The first-order valence-electron chi connectivity index (χ1n) is 8.17. The molecule has 3 aromatic rings. The summed E-state index contributed by atoms with van der Waals surface area (Å²) in [6, 6.07) is 18.5. The highest BCUT2D eigenvalue weighted by Gasteiger charge is 2.46. The van der Waals surface area contributed by atoms with Crippen LogP contribution in [0.1, 0.15) is 17.5 Å². The molecule has 1 spiro atoms. The largest absolute Gasteiger partial charge is 0.364 e. The molecule has 3 heterocycles. The van der Waals surface area contributed by atoms with E-state index in [4.69, 9.17) is 4.74 Å². The fourth-order valence-electron chi connectivity index (χ4n) is 3.79. The Hall–Kier alpha value is -2.73. The summed E-state index contributed by atoms with van der Waals surface area (Å²) in [6.07, 6.45) is 0.950. The van der Waals surface area contributed by atoms with E-state index in [2.05, 4.69) is 44.7 Å². The van der Waals surface area contributed by atoms with E-state index in [-0.39, 0.29) is 5.60 Å². The maximum atomic E-state index is 6.23. The lowest BCUT2D eigenvalue weighted by atomic mass is 9.92. The molecule has 1 unspecified atom stereocenters. The minimum atomic E-state index is -0.232. The van der Waals surface area contributed by atoms with E-state index < -0.39 is 0 Å². The van der Waals surface area contributed by atoms with Crippen LogP contribution >= 0.6 is 0 Å². The molecule has 0 bridgehead atoms. The van der Waals surface area contributed by atoms with Crippen molar-refractivity contribution in [2.45, 2.75) is 18.6 Å². The molecule has 0 amide bonds. The second-order valence-corrected chi connectivity index (χ2v) is 6.34. The number of fused-ring (bicyclic) bond motifs is 2. The first-order chi connectivity index (χ1) is 11.9. The van der Waals surface area contributed by atoms with Gasteiger partial charge in [-0.05, 0) is 40.1 Å². The maximum absolute atomic E-state index is 6.23. The molecule has 2 aliphatic rings. The highest BCUT2D eigenvalue weighted by Crippen LogP contribution is 2.44. The Morgan fingerprint density at radius 3 is 2.75 bits per heavy atom. The van der Waals surface area contributed by atoms with E-state index in [9.17, 15) is 0 Å². The predicted octanol–water partition coefficient (Wildman–Crippen LogP) is 2.30. The number of rotatable bonds is 2. The Balaban J connectivity index is 1.49. The van der Waals surface area contributed by atoms with Gasteiger partial charge in [-0.3, -0.25) is 0 Å². The van der Waals surface area contributed by atoms with Crippen molar-refractivity contribution in [3.05, 3.63) is 65.7 Å². The summed E-state index contributed by atoms with van der Waals surface area (Å²) in [5, 5.41) is 12.3. The highest BCUT2D eigenvalue weighted by atomic mass is 16.5. The normalized spacial score (nSPS) is 22.2. The molecule has 0 aliphatic carbocycles. The lowest BCUT2D eigenvalue weighted by molar-refractivity contribution is -0.0205. The number of anilines is 1. The molecule has 0 saturated carbocycles. The summed E-state index contributed by atoms with van der Waals surface area (Å²) in [6.45, 7) is 2.34. The van der Waals surface area contributed by atoms with Crippen LogP contribution in [0.5, 0.6) is 0 Å². The van der Waals surface area contributed by atoms with Gasteiger partial charge in [0.25, 0.3) is 0 Å². The monoisotopic (exact) mass is 319 g/mol. The van der Waals surface area contributed by atoms with Crippen molar-refractivity contribution in [1.29, 1.82) is 0 Å². The van der Waals surface area contributed by atoms with Gasteiger partial charge in [0.1, 0.15) is 5.60 Å². The third-order valence-corrected chi connectivity index (χ3v) is 4.98. The van der Waals surface area contributed by atoms with Gasteiger partial charge in [-0.1, -0.05) is 47.6 Å². The van der Waals surface area contributed by atoms with Crippen molar-refractivity contribution < 1.29 is 4.74 Å². The van der Waals surface area contributed by atoms with Crippen LogP contribution in [0.25, 0.3) is 5.69 Å². The van der Waals surface area contributed by atoms with Crippen molar-refractivity contribution in [2.75, 3.05) is 18.0 Å². The van der Waals surface area contributed by atoms with Gasteiger partial charge >= 0.3 is 0 Å². The van der Waals surface area contributed by atoms with E-state index >= 15 is 0 Å². The average molecular weight is 319 g/mol. The van der Waals surface area contributed by atoms with Crippen molar-refractivity contribution in [3.63, 3.8) is 0 Å². The minimum Gasteiger partial charge on any atom is -0.364 e. The second kappa shape index (κ2) is 5.14. The molecule has 2 aromatic carbocycles. The molecule has 2 aliphatic heterocycles. The molecule has 5 rings (SSSR count). The number of hydrogen-bond acceptors (Lipinski definition) is 5. The van der Waals surface area contributed by atoms with Crippen LogP contribution in [-0.2, 0) is 16.9 Å². The van der Waals surface area contributed by atoms with Crippen LogP contribution in [0.3, 0.4) is 0 Å². The first kappa shape index (κ1) is 13.7. The van der Waals surface area contributed by atoms with E-state index in [0.29, 0.717) is 6.61 Å². The van der Waals surface area contributed by atoms with E-state index in [1.54, 1.807) is 4.68 Å². The maximum Gasteiger partial charge on any atom is 0.250 e. The zero-order valence-electron chi connectivity index (χ0n) is 13.2. The average Bonchev–Trinajstić information content (AvgIpc) is 3.36. The SMILES string of the molecule is c1ccc(-n2nnnc2N2CCC3(C2)OCc2ccccc23)cc1. The molecule has 1 saturated heterocycles. The fraction of sp³-hybridized carbons (Fsp3) is 0.278. The van der Waals surface area contributed by atoms with Crippen molar-refractivity contribution in [3.8, 4) is 5.69 Å². The lowest BCUT2D eigenvalue weighted by Crippen LogP contribution is -2.31. The quantitative estimate of drug-likeness (QED) is 0.725. The third-order valence-electron chi connectivity index (χ3n) is 4.98. The molecule has 1 fully saturated rings. The van der Waals surface area contributed by atoms with Crippen molar-refractivity contribution >= 4 is 5.95 Å². The van der Waals surface area contributed by atoms with E-state index in [0.717, 1.165) is 31.1 Å². The molecule has 0 radical (unpaired) electrons. The Morgan fingerprint density at radius 1 is 1.00 bits per heavy atom. The summed E-state index contributed by atoms with van der Waals surface area (Å²) in [7, 11) is 0. The zero-order chi connectivity index (χ0) is 16.0. The number of nitrogens with zero attached hydrogens (tertiary/aromatic N) is 5. The van der Waals surface area contributed by atoms with E-state index in [1.807, 2.05) is 30.3 Å². The molecule has 24 heavy (non-hydrogen) atoms. The molecule has 120 valence electrons. The smallest absolute Gasteiger partial charge is 0.250 e. The van der Waals surface area contributed by atoms with Gasteiger partial charge in [0.15, 0.2) is 0 Å². The van der Waals surface area contributed by atoms with Crippen molar-refractivity contribution in [1.82, 2.24) is 20.2 Å². The van der Waals surface area contributed by atoms with Gasteiger partial charge in [-0.25, -0.2) is 0 Å². The number of hydrogen-bond donors (Lipinski definition) is 0. The topological polar surface area (TPSA) is 56.1 Å². The predicted molar refractivity (Wildman–Crippen MR) is 88.9 cm³/mol. The van der Waals surface area contributed by atoms with Crippen LogP contribution in [0, 0.1) is 0 Å². The summed E-state index contributed by atoms with van der Waals surface area (Å²) in [5.41, 5.74) is 3.34. The molecule has 6 heteroatoms. The minimum absolute atomic E-state index is 0.232. The third kappa shape index (κ3) is 1.96. The number of benzene rings is 2. The van der Waals surface area contributed by atoms with Gasteiger partial charge in [0.05, 0.1) is 18.8 Å². The Labute approximate surface area is 139 Å². The molecular weight excluding hydrogens is 302 g/mol. The molecule has 6 nitrogen and oxygen atoms in total. The molecule has 0 N–H and O–H groups in total. The lowest BCUT2D eigenvalue weighted by Gasteiger charge is -2.24. The summed E-state index contributed by atoms with van der Waals surface area (Å²) in [5.74, 6) is 0.769. The summed E-state index contributed by atoms with van der Waals surface area (Å²) < 4.78 is 8.02. The number of aromatic nitrogens is 4. The highest BCUT2D eigenvalue weighted by molar-refractivity contribution is 5.45. The van der Waals surface area contributed by atoms with Crippen LogP contribution < -0.4 is 4.90 Å². The van der Waals surface area contributed by atoms with Gasteiger partial charge in [0.2, 0.25) is 5.95 Å². The number of tetrazole rings is 1. The van der Waals surface area contributed by atoms with Gasteiger partial charge < -0.3 is 9.64 Å². The van der Waals surface area contributed by atoms with Crippen LogP contribution in [0.15, 0.2) is 54.6 Å². The molecule has 1 atom stereocenters. The second-order valence-electron chi connectivity index (χ2n) is 6.34. The number of ether oxygens (including phenoxy) is 1. The van der Waals surface area contributed by atoms with E-state index in [1.165, 1.54) is 11.1 Å². The first-order valence-corrected chi connectivity index (χ1v) is 8.17. The Kier molecular flexibility index (Phi) is 2.93. The van der Waals surface area contributed by atoms with Gasteiger partial charge in [0, 0.05) is 6.54 Å². The van der Waals surface area contributed by atoms with Gasteiger partial charge in [-0.15, -0.1) is 0 Å². The summed E-state index contributed by atoms with van der Waals surface area (Å²) >= 11 is 0. The van der Waals surface area contributed by atoms with Crippen LogP contribution in [0.4, 0.5) is 5.95 Å². The zero-order valence-corrected chi connectivity index (χ0v) is 13.2. The van der Waals surface area contributed by atoms with Gasteiger partial charge in [-0.2, -0.15) is 4.68 Å². The molecular formula is C18H17N5O. The standard InChI is InChI=1S/C18H17N5O/c1-2-7-15(8-3-1)23-17(19-20-21-23)22-11-10-18(13-22)16-9-5-4-6-14(16)12-24-18/h1-9H,10-13H2. The van der Waals surface area contributed by atoms with Crippen LogP contribution in [0.2, 0.25) is 0 Å². The van der Waals surface area contributed by atoms with Crippen LogP contribution in [-0.4, -0.2) is 33.3 Å². The molecule has 1 aromatic heterocycles. The fourth-order valence-corrected chi connectivity index (χ4v) is 3.79. The van der Waals surface area contributed by atoms with Crippen molar-refractivity contribution in [2.24, 2.45) is 0 Å². The Bertz CT molecular complexity index is 878. The number of para-hydroxylation sites is 1. The summed E-state index contributed by atoms with van der Waals surface area (Å²) in [4.78, 5) is 2.22.